The second kappa shape index (κ2) is 5.09. The number of fused-ring (bicyclic) bond motifs is 1. The first-order valence-electron chi connectivity index (χ1n) is 6.87. The van der Waals surface area contributed by atoms with Gasteiger partial charge in [-0.3, -0.25) is 0 Å². The summed E-state index contributed by atoms with van der Waals surface area (Å²) in [6, 6.07) is 2.00. The van der Waals surface area contributed by atoms with Crippen molar-refractivity contribution >= 4 is 17.9 Å². The van der Waals surface area contributed by atoms with Crippen LogP contribution >= 0.6 is 0 Å². The van der Waals surface area contributed by atoms with Crippen molar-refractivity contribution in [2.24, 2.45) is 22.6 Å². The third kappa shape index (κ3) is 2.26. The Morgan fingerprint density at radius 2 is 2.16 bits per heavy atom. The second-order valence-electron chi connectivity index (χ2n) is 5.37. The number of nitrogens with zero attached hydrogens (tertiary/aromatic N) is 1. The second-order valence-corrected chi connectivity index (χ2v) is 5.37. The van der Waals surface area contributed by atoms with E-state index in [2.05, 4.69) is 15.3 Å². The molecule has 0 aromatic carbocycles. The molecule has 0 amide bonds. The van der Waals surface area contributed by atoms with E-state index in [0.29, 0.717) is 18.4 Å². The Kier molecular flexibility index (Phi) is 3.29. The molecule has 102 valence electrons. The standard InChI is InChI=1S/C14H20N4O/c15-12(10-3-1-9(7-19)2-4-10)13-11-5-6-16-14(11)18-8-17-13/h5-6,8-10,16,19H,1-4,7,15H2,(H,17,18)/b13-12-. The maximum atomic E-state index is 9.19. The monoisotopic (exact) mass is 260 g/mol. The van der Waals surface area contributed by atoms with Crippen LogP contribution in [0.5, 0.6) is 0 Å². The zero-order chi connectivity index (χ0) is 13.2. The Bertz CT molecular complexity index is 509. The first kappa shape index (κ1) is 12.3. The number of allylic oxidation sites excluding steroid dienone is 1. The number of hydrogen-bond acceptors (Lipinski definition) is 4. The lowest BCUT2D eigenvalue weighted by Crippen LogP contribution is -2.26. The zero-order valence-electron chi connectivity index (χ0n) is 10.9. The summed E-state index contributed by atoms with van der Waals surface area (Å²) < 4.78 is 0. The molecule has 1 aliphatic heterocycles. The van der Waals surface area contributed by atoms with Crippen molar-refractivity contribution in [1.82, 2.24) is 10.3 Å². The largest absolute Gasteiger partial charge is 0.400 e. The summed E-state index contributed by atoms with van der Waals surface area (Å²) in [6.45, 7) is 0.302. The van der Waals surface area contributed by atoms with E-state index in [1.54, 1.807) is 6.34 Å². The highest BCUT2D eigenvalue weighted by Crippen LogP contribution is 2.35. The van der Waals surface area contributed by atoms with Crippen molar-refractivity contribution in [3.8, 4) is 0 Å². The fourth-order valence-electron chi connectivity index (χ4n) is 3.01. The molecule has 1 aromatic rings. The number of nitrogens with two attached hydrogens (primary N) is 1. The Hall–Kier alpha value is -1.75. The summed E-state index contributed by atoms with van der Waals surface area (Å²) in [5.74, 6) is 1.72. The van der Waals surface area contributed by atoms with Gasteiger partial charge in [0.1, 0.15) is 5.82 Å². The van der Waals surface area contributed by atoms with Gasteiger partial charge in [0, 0.05) is 30.0 Å². The SMILES string of the molecule is N/C(=C1\NC=Nc2[nH]ccc21)C1CCC(CO)CC1. The van der Waals surface area contributed by atoms with Crippen molar-refractivity contribution < 1.29 is 5.11 Å². The van der Waals surface area contributed by atoms with Crippen LogP contribution < -0.4 is 11.1 Å². The van der Waals surface area contributed by atoms with E-state index in [-0.39, 0.29) is 0 Å². The van der Waals surface area contributed by atoms with Gasteiger partial charge in [-0.2, -0.15) is 0 Å². The molecule has 5 nitrogen and oxygen atoms in total. The highest BCUT2D eigenvalue weighted by molar-refractivity contribution is 5.87. The molecule has 19 heavy (non-hydrogen) atoms. The summed E-state index contributed by atoms with van der Waals surface area (Å²) in [5.41, 5.74) is 9.31. The molecule has 0 unspecified atom stereocenters. The summed E-state index contributed by atoms with van der Waals surface area (Å²) in [7, 11) is 0. The first-order valence-corrected chi connectivity index (χ1v) is 6.87. The van der Waals surface area contributed by atoms with Crippen LogP contribution in [0.1, 0.15) is 31.2 Å². The topological polar surface area (TPSA) is 86.4 Å². The quantitative estimate of drug-likeness (QED) is 0.653. The smallest absolute Gasteiger partial charge is 0.141 e. The molecule has 0 saturated heterocycles. The summed E-state index contributed by atoms with van der Waals surface area (Å²) >= 11 is 0. The van der Waals surface area contributed by atoms with E-state index in [0.717, 1.165) is 48.5 Å². The highest BCUT2D eigenvalue weighted by atomic mass is 16.3. The minimum Gasteiger partial charge on any atom is -0.400 e. The van der Waals surface area contributed by atoms with Crippen molar-refractivity contribution in [3.63, 3.8) is 0 Å². The number of aliphatic imine (C=N–C) groups is 1. The van der Waals surface area contributed by atoms with Crippen molar-refractivity contribution in [3.05, 3.63) is 23.5 Å². The van der Waals surface area contributed by atoms with Crippen LogP contribution in [-0.4, -0.2) is 23.0 Å². The zero-order valence-corrected chi connectivity index (χ0v) is 10.9. The normalized spacial score (nSPS) is 28.7. The van der Waals surface area contributed by atoms with Crippen LogP contribution in [0.15, 0.2) is 23.0 Å². The number of H-pyrrole nitrogens is 1. The van der Waals surface area contributed by atoms with E-state index in [1.165, 1.54) is 0 Å². The molecule has 5 N–H and O–H groups in total. The van der Waals surface area contributed by atoms with Crippen LogP contribution in [0.4, 0.5) is 5.82 Å². The van der Waals surface area contributed by atoms with Gasteiger partial charge >= 0.3 is 0 Å². The molecule has 3 rings (SSSR count). The van der Waals surface area contributed by atoms with Crippen molar-refractivity contribution in [2.45, 2.75) is 25.7 Å². The molecule has 0 spiro atoms. The predicted molar refractivity (Wildman–Crippen MR) is 75.7 cm³/mol. The first-order chi connectivity index (χ1) is 9.29. The molecule has 0 bridgehead atoms. The van der Waals surface area contributed by atoms with Crippen molar-refractivity contribution in [1.29, 1.82) is 0 Å². The molecular weight excluding hydrogens is 240 g/mol. The molecule has 1 aromatic heterocycles. The molecule has 1 aliphatic carbocycles. The number of hydrogen-bond donors (Lipinski definition) is 4. The molecule has 1 saturated carbocycles. The van der Waals surface area contributed by atoms with Gasteiger partial charge < -0.3 is 21.1 Å². The predicted octanol–water partition coefficient (Wildman–Crippen LogP) is 1.70. The lowest BCUT2D eigenvalue weighted by molar-refractivity contribution is 0.175. The Balaban J connectivity index is 1.82. The van der Waals surface area contributed by atoms with Gasteiger partial charge in [-0.15, -0.1) is 0 Å². The van der Waals surface area contributed by atoms with E-state index < -0.39 is 0 Å². The van der Waals surface area contributed by atoms with Crippen LogP contribution in [0.2, 0.25) is 0 Å². The average molecular weight is 260 g/mol. The maximum absolute atomic E-state index is 9.19. The van der Waals surface area contributed by atoms with Gasteiger partial charge in [0.15, 0.2) is 0 Å². The van der Waals surface area contributed by atoms with Crippen LogP contribution in [0.25, 0.3) is 5.70 Å². The Morgan fingerprint density at radius 1 is 1.37 bits per heavy atom. The van der Waals surface area contributed by atoms with E-state index >= 15 is 0 Å². The fourth-order valence-corrected chi connectivity index (χ4v) is 3.01. The molecular formula is C14H20N4O. The molecule has 2 heterocycles. The summed E-state index contributed by atoms with van der Waals surface area (Å²) in [4.78, 5) is 7.34. The van der Waals surface area contributed by atoms with Gasteiger partial charge in [-0.1, -0.05) is 0 Å². The van der Waals surface area contributed by atoms with Gasteiger partial charge in [0.25, 0.3) is 0 Å². The van der Waals surface area contributed by atoms with E-state index in [1.807, 2.05) is 12.3 Å². The van der Waals surface area contributed by atoms with E-state index in [9.17, 15) is 5.11 Å². The van der Waals surface area contributed by atoms with Crippen LogP contribution in [0, 0.1) is 11.8 Å². The van der Waals surface area contributed by atoms with Crippen LogP contribution in [-0.2, 0) is 0 Å². The number of nitrogens with one attached hydrogen (secondary N) is 2. The lowest BCUT2D eigenvalue weighted by Gasteiger charge is -2.29. The number of aliphatic hydroxyl groups is 1. The van der Waals surface area contributed by atoms with Gasteiger partial charge in [0.2, 0.25) is 0 Å². The molecule has 1 fully saturated rings. The third-order valence-electron chi connectivity index (χ3n) is 4.23. The van der Waals surface area contributed by atoms with E-state index in [4.69, 9.17) is 5.73 Å². The number of rotatable bonds is 2. The Morgan fingerprint density at radius 3 is 2.89 bits per heavy atom. The Labute approximate surface area is 112 Å². The molecule has 0 atom stereocenters. The maximum Gasteiger partial charge on any atom is 0.141 e. The minimum absolute atomic E-state index is 0.302. The fraction of sp³-hybridized carbons (Fsp3) is 0.500. The molecule has 5 heteroatoms. The summed E-state index contributed by atoms with van der Waals surface area (Å²) in [5, 5.41) is 12.4. The lowest BCUT2D eigenvalue weighted by atomic mass is 9.80. The number of aliphatic hydroxyl groups excluding tert-OH is 1. The molecule has 0 radical (unpaired) electrons. The third-order valence-corrected chi connectivity index (χ3v) is 4.23. The highest BCUT2D eigenvalue weighted by Gasteiger charge is 2.25. The van der Waals surface area contributed by atoms with Gasteiger partial charge in [0.05, 0.1) is 12.0 Å². The van der Waals surface area contributed by atoms with Crippen LogP contribution in [0.3, 0.4) is 0 Å². The average Bonchev–Trinajstić information content (AvgIpc) is 2.95. The number of aromatic nitrogens is 1. The van der Waals surface area contributed by atoms with Gasteiger partial charge in [-0.05, 0) is 37.7 Å². The van der Waals surface area contributed by atoms with Gasteiger partial charge in [-0.25, -0.2) is 4.99 Å². The summed E-state index contributed by atoms with van der Waals surface area (Å²) in [6.07, 6.45) is 7.79. The minimum atomic E-state index is 0.302. The molecule has 2 aliphatic rings. The number of aromatic amines is 1. The van der Waals surface area contributed by atoms with Crippen molar-refractivity contribution in [2.75, 3.05) is 6.61 Å².